The number of aliphatic hydroxyl groups is 1. The van der Waals surface area contributed by atoms with Crippen molar-refractivity contribution in [3.05, 3.63) is 28.3 Å². The number of aliphatic hydroxyl groups excluding tert-OH is 1. The quantitative estimate of drug-likeness (QED) is 0.588. The average Bonchev–Trinajstić information content (AvgIpc) is 2.37. The third-order valence-electron chi connectivity index (χ3n) is 2.63. The molecule has 0 aliphatic rings. The third kappa shape index (κ3) is 4.08. The van der Waals surface area contributed by atoms with Crippen molar-refractivity contribution in [1.29, 1.82) is 0 Å². The van der Waals surface area contributed by atoms with Crippen LogP contribution in [0.15, 0.2) is 18.2 Å². The number of methoxy groups -OCH3 is 2. The van der Waals surface area contributed by atoms with E-state index in [0.29, 0.717) is 11.4 Å². The molecular formula is C12H18N2O5. The van der Waals surface area contributed by atoms with Gasteiger partial charge in [0, 0.05) is 32.8 Å². The van der Waals surface area contributed by atoms with Gasteiger partial charge in [-0.25, -0.2) is 0 Å². The molecule has 19 heavy (non-hydrogen) atoms. The van der Waals surface area contributed by atoms with Crippen LogP contribution in [0.3, 0.4) is 0 Å². The van der Waals surface area contributed by atoms with Crippen molar-refractivity contribution < 1.29 is 19.5 Å². The summed E-state index contributed by atoms with van der Waals surface area (Å²) in [5, 5.41) is 20.7. The van der Waals surface area contributed by atoms with E-state index in [9.17, 15) is 15.2 Å². The standard InChI is InChI=1S/C12H18N2O5/c1-13(7-9(15)8-18-2)12-6-10(19-3)4-5-11(12)14(16)17/h4-6,9,15H,7-8H2,1-3H3. The number of ether oxygens (including phenoxy) is 2. The summed E-state index contributed by atoms with van der Waals surface area (Å²) in [6, 6.07) is 4.48. The lowest BCUT2D eigenvalue weighted by molar-refractivity contribution is -0.384. The zero-order chi connectivity index (χ0) is 14.4. The second kappa shape index (κ2) is 6.91. The van der Waals surface area contributed by atoms with Crippen molar-refractivity contribution >= 4 is 11.4 Å². The molecule has 1 N–H and O–H groups in total. The number of hydrogen-bond acceptors (Lipinski definition) is 6. The lowest BCUT2D eigenvalue weighted by Gasteiger charge is -2.22. The Labute approximate surface area is 111 Å². The molecule has 0 aromatic heterocycles. The predicted octanol–water partition coefficient (Wildman–Crippen LogP) is 1.05. The smallest absolute Gasteiger partial charge is 0.292 e. The summed E-state index contributed by atoms with van der Waals surface area (Å²) in [5.41, 5.74) is 0.354. The first-order valence-corrected chi connectivity index (χ1v) is 5.70. The van der Waals surface area contributed by atoms with Crippen molar-refractivity contribution in [2.24, 2.45) is 0 Å². The molecule has 1 aromatic carbocycles. The summed E-state index contributed by atoms with van der Waals surface area (Å²) in [5.74, 6) is 0.522. The molecule has 0 bridgehead atoms. The largest absolute Gasteiger partial charge is 0.497 e. The van der Waals surface area contributed by atoms with Gasteiger partial charge in [0.25, 0.3) is 5.69 Å². The van der Waals surface area contributed by atoms with Crippen molar-refractivity contribution in [1.82, 2.24) is 0 Å². The molecule has 0 saturated heterocycles. The lowest BCUT2D eigenvalue weighted by atomic mass is 10.2. The molecule has 0 aliphatic carbocycles. The van der Waals surface area contributed by atoms with Gasteiger partial charge in [0.2, 0.25) is 0 Å². The lowest BCUT2D eigenvalue weighted by Crippen LogP contribution is -2.32. The fourth-order valence-electron chi connectivity index (χ4n) is 1.75. The van der Waals surface area contributed by atoms with Crippen LogP contribution in [-0.2, 0) is 4.74 Å². The molecule has 106 valence electrons. The number of hydrogen-bond donors (Lipinski definition) is 1. The number of rotatable bonds is 7. The van der Waals surface area contributed by atoms with E-state index in [1.807, 2.05) is 0 Å². The first kappa shape index (κ1) is 15.2. The fourth-order valence-corrected chi connectivity index (χ4v) is 1.75. The second-order valence-corrected chi connectivity index (χ2v) is 4.10. The summed E-state index contributed by atoms with van der Waals surface area (Å²) in [6.07, 6.45) is -0.721. The predicted molar refractivity (Wildman–Crippen MR) is 70.8 cm³/mol. The van der Waals surface area contributed by atoms with Crippen molar-refractivity contribution in [3.8, 4) is 5.75 Å². The summed E-state index contributed by atoms with van der Waals surface area (Å²) in [6.45, 7) is 0.393. The Morgan fingerprint density at radius 3 is 2.68 bits per heavy atom. The van der Waals surface area contributed by atoms with Crippen molar-refractivity contribution in [2.75, 3.05) is 39.3 Å². The third-order valence-corrected chi connectivity index (χ3v) is 2.63. The van der Waals surface area contributed by atoms with Gasteiger partial charge in [0.1, 0.15) is 11.4 Å². The number of likely N-dealkylation sites (N-methyl/N-ethyl adjacent to an activating group) is 1. The molecule has 7 heteroatoms. The Morgan fingerprint density at radius 2 is 2.16 bits per heavy atom. The minimum Gasteiger partial charge on any atom is -0.497 e. The monoisotopic (exact) mass is 270 g/mol. The summed E-state index contributed by atoms with van der Waals surface area (Å²) in [4.78, 5) is 12.1. The normalized spacial score (nSPS) is 12.0. The molecule has 0 spiro atoms. The van der Waals surface area contributed by atoms with Crippen molar-refractivity contribution in [3.63, 3.8) is 0 Å². The minimum absolute atomic E-state index is 0.0343. The van der Waals surface area contributed by atoms with Crippen LogP contribution in [-0.4, -0.2) is 50.6 Å². The van der Waals surface area contributed by atoms with Crippen LogP contribution in [0.1, 0.15) is 0 Å². The summed E-state index contributed by atoms with van der Waals surface area (Å²) < 4.78 is 9.88. The van der Waals surface area contributed by atoms with E-state index in [-0.39, 0.29) is 18.8 Å². The molecule has 1 rings (SSSR count). The van der Waals surface area contributed by atoms with Gasteiger partial charge in [0.05, 0.1) is 24.7 Å². The van der Waals surface area contributed by atoms with Crippen molar-refractivity contribution in [2.45, 2.75) is 6.10 Å². The van der Waals surface area contributed by atoms with Crippen LogP contribution in [0.4, 0.5) is 11.4 Å². The van der Waals surface area contributed by atoms with E-state index in [4.69, 9.17) is 9.47 Å². The SMILES string of the molecule is COCC(O)CN(C)c1cc(OC)ccc1[N+](=O)[O-]. The van der Waals surface area contributed by atoms with Crippen LogP contribution in [0.25, 0.3) is 0 Å². The van der Waals surface area contributed by atoms with E-state index < -0.39 is 11.0 Å². The molecule has 1 atom stereocenters. The number of anilines is 1. The highest BCUT2D eigenvalue weighted by Gasteiger charge is 2.19. The zero-order valence-corrected chi connectivity index (χ0v) is 11.2. The van der Waals surface area contributed by atoms with Gasteiger partial charge < -0.3 is 19.5 Å². The van der Waals surface area contributed by atoms with Gasteiger partial charge >= 0.3 is 0 Å². The molecule has 1 unspecified atom stereocenters. The molecule has 0 saturated carbocycles. The fraction of sp³-hybridized carbons (Fsp3) is 0.500. The van der Waals surface area contributed by atoms with E-state index in [0.717, 1.165) is 0 Å². The van der Waals surface area contributed by atoms with E-state index in [2.05, 4.69) is 0 Å². The molecule has 0 heterocycles. The minimum atomic E-state index is -0.721. The highest BCUT2D eigenvalue weighted by molar-refractivity contribution is 5.65. The van der Waals surface area contributed by atoms with Gasteiger partial charge in [-0.05, 0) is 6.07 Å². The Hall–Kier alpha value is -1.86. The topological polar surface area (TPSA) is 85.1 Å². The van der Waals surface area contributed by atoms with E-state index in [1.54, 1.807) is 18.0 Å². The summed E-state index contributed by atoms with van der Waals surface area (Å²) >= 11 is 0. The Morgan fingerprint density at radius 1 is 1.47 bits per heavy atom. The average molecular weight is 270 g/mol. The molecule has 0 radical (unpaired) electrons. The number of nitrogens with zero attached hydrogens (tertiary/aromatic N) is 2. The number of nitro benzene ring substituents is 1. The molecule has 0 aliphatic heterocycles. The first-order chi connectivity index (χ1) is 8.99. The van der Waals surface area contributed by atoms with Crippen LogP contribution in [0.2, 0.25) is 0 Å². The van der Waals surface area contributed by atoms with Crippen LogP contribution in [0.5, 0.6) is 5.75 Å². The van der Waals surface area contributed by atoms with Crippen LogP contribution >= 0.6 is 0 Å². The highest BCUT2D eigenvalue weighted by atomic mass is 16.6. The number of benzene rings is 1. The Kier molecular flexibility index (Phi) is 5.53. The molecule has 0 fully saturated rings. The van der Waals surface area contributed by atoms with E-state index in [1.165, 1.54) is 26.4 Å². The molecule has 7 nitrogen and oxygen atoms in total. The summed E-state index contributed by atoms with van der Waals surface area (Å²) in [7, 11) is 4.64. The second-order valence-electron chi connectivity index (χ2n) is 4.10. The maximum absolute atomic E-state index is 11.0. The number of nitro groups is 1. The van der Waals surface area contributed by atoms with Crippen LogP contribution in [0, 0.1) is 10.1 Å². The van der Waals surface area contributed by atoms with Gasteiger partial charge in [0.15, 0.2) is 0 Å². The Bertz CT molecular complexity index is 438. The zero-order valence-electron chi connectivity index (χ0n) is 11.2. The van der Waals surface area contributed by atoms with E-state index >= 15 is 0 Å². The van der Waals surface area contributed by atoms with Gasteiger partial charge in [-0.15, -0.1) is 0 Å². The highest BCUT2D eigenvalue weighted by Crippen LogP contribution is 2.31. The van der Waals surface area contributed by atoms with Gasteiger partial charge in [-0.3, -0.25) is 10.1 Å². The van der Waals surface area contributed by atoms with Gasteiger partial charge in [-0.2, -0.15) is 0 Å². The van der Waals surface area contributed by atoms with Gasteiger partial charge in [-0.1, -0.05) is 0 Å². The van der Waals surface area contributed by atoms with Crippen LogP contribution < -0.4 is 9.64 Å². The first-order valence-electron chi connectivity index (χ1n) is 5.70. The molecule has 0 amide bonds. The maximum Gasteiger partial charge on any atom is 0.292 e. The molecule has 1 aromatic rings. The molecular weight excluding hydrogens is 252 g/mol. The maximum atomic E-state index is 11.0. The Balaban J connectivity index is 2.98.